The van der Waals surface area contributed by atoms with Crippen LogP contribution in [0.2, 0.25) is 0 Å². The Morgan fingerprint density at radius 1 is 1.50 bits per heavy atom. The maximum absolute atomic E-state index is 11.7. The highest BCUT2D eigenvalue weighted by molar-refractivity contribution is 5.91. The lowest BCUT2D eigenvalue weighted by molar-refractivity contribution is -0.116. The topological polar surface area (TPSA) is 58.6 Å². The molecule has 0 aliphatic carbocycles. The van der Waals surface area contributed by atoms with Crippen LogP contribution in [0.1, 0.15) is 25.0 Å². The summed E-state index contributed by atoms with van der Waals surface area (Å²) in [5, 5.41) is 11.9. The second-order valence-corrected chi connectivity index (χ2v) is 5.84. The summed E-state index contributed by atoms with van der Waals surface area (Å²) < 4.78 is 5.44. The van der Waals surface area contributed by atoms with Gasteiger partial charge in [0.15, 0.2) is 0 Å². The number of rotatable bonds is 5. The van der Waals surface area contributed by atoms with Crippen LogP contribution in [-0.2, 0) is 11.2 Å². The number of hydrogen-bond donors (Lipinski definition) is 2. The van der Waals surface area contributed by atoms with E-state index in [1.807, 2.05) is 32.0 Å². The van der Waals surface area contributed by atoms with Gasteiger partial charge < -0.3 is 15.2 Å². The molecule has 0 bridgehead atoms. The van der Waals surface area contributed by atoms with Crippen molar-refractivity contribution in [3.8, 4) is 5.75 Å². The number of ether oxygens (including phenoxy) is 1. The van der Waals surface area contributed by atoms with Crippen molar-refractivity contribution in [1.82, 2.24) is 5.32 Å². The summed E-state index contributed by atoms with van der Waals surface area (Å²) in [4.78, 5) is 11.7. The highest BCUT2D eigenvalue weighted by atomic mass is 16.5. The van der Waals surface area contributed by atoms with Gasteiger partial charge in [-0.15, -0.1) is 0 Å². The van der Waals surface area contributed by atoms with E-state index in [2.05, 4.69) is 5.32 Å². The number of amides is 1. The van der Waals surface area contributed by atoms with Crippen LogP contribution in [0.4, 0.5) is 0 Å². The van der Waals surface area contributed by atoms with Crippen molar-refractivity contribution in [2.24, 2.45) is 5.41 Å². The average Bonchev–Trinajstić information content (AvgIpc) is 2.90. The number of carbonyl (C=O) groups excluding carboxylic acids is 1. The largest absolute Gasteiger partial charge is 0.493 e. The maximum Gasteiger partial charge on any atom is 0.244 e. The van der Waals surface area contributed by atoms with Gasteiger partial charge in [-0.1, -0.05) is 19.9 Å². The van der Waals surface area contributed by atoms with Crippen molar-refractivity contribution in [3.63, 3.8) is 0 Å². The predicted molar refractivity (Wildman–Crippen MR) is 78.6 cm³/mol. The van der Waals surface area contributed by atoms with E-state index in [0.717, 1.165) is 24.3 Å². The molecule has 1 heterocycles. The number of hydrogen-bond acceptors (Lipinski definition) is 3. The number of aliphatic hydroxyl groups is 1. The molecule has 0 fully saturated rings. The van der Waals surface area contributed by atoms with Gasteiger partial charge >= 0.3 is 0 Å². The molecule has 4 nitrogen and oxygen atoms in total. The quantitative estimate of drug-likeness (QED) is 0.805. The Morgan fingerprint density at radius 2 is 2.30 bits per heavy atom. The van der Waals surface area contributed by atoms with E-state index in [0.29, 0.717) is 6.54 Å². The Balaban J connectivity index is 1.91. The van der Waals surface area contributed by atoms with E-state index in [-0.39, 0.29) is 17.9 Å². The standard InChI is InChI=1S/C16H21NO3/c1-16(2,11-18)10-17-15(19)6-4-12-3-5-14-13(9-12)7-8-20-14/h3-6,9,18H,7-8,10-11H2,1-2H3,(H,17,19)/b6-4+. The SMILES string of the molecule is CC(C)(CO)CNC(=O)/C=C/c1ccc2c(c1)CCO2. The zero-order valence-electron chi connectivity index (χ0n) is 12.0. The van der Waals surface area contributed by atoms with Gasteiger partial charge in [-0.3, -0.25) is 4.79 Å². The molecule has 0 saturated carbocycles. The van der Waals surface area contributed by atoms with Crippen LogP contribution in [-0.4, -0.2) is 30.8 Å². The van der Waals surface area contributed by atoms with Crippen molar-refractivity contribution >= 4 is 12.0 Å². The Labute approximate surface area is 119 Å². The van der Waals surface area contributed by atoms with Crippen LogP contribution in [0.3, 0.4) is 0 Å². The third kappa shape index (κ3) is 3.84. The summed E-state index contributed by atoms with van der Waals surface area (Å²) in [5.74, 6) is 0.791. The highest BCUT2D eigenvalue weighted by Gasteiger charge is 2.16. The van der Waals surface area contributed by atoms with Gasteiger partial charge in [-0.2, -0.15) is 0 Å². The van der Waals surface area contributed by atoms with E-state index in [4.69, 9.17) is 9.84 Å². The minimum atomic E-state index is -0.297. The van der Waals surface area contributed by atoms with Crippen molar-refractivity contribution < 1.29 is 14.6 Å². The first kappa shape index (κ1) is 14.6. The lowest BCUT2D eigenvalue weighted by Crippen LogP contribution is -2.35. The average molecular weight is 275 g/mol. The molecule has 2 N–H and O–H groups in total. The second-order valence-electron chi connectivity index (χ2n) is 5.84. The molecule has 108 valence electrons. The fourth-order valence-electron chi connectivity index (χ4n) is 1.92. The van der Waals surface area contributed by atoms with Crippen molar-refractivity contribution in [1.29, 1.82) is 0 Å². The smallest absolute Gasteiger partial charge is 0.244 e. The molecule has 1 aromatic rings. The summed E-state index contributed by atoms with van der Waals surface area (Å²) in [6, 6.07) is 5.92. The lowest BCUT2D eigenvalue weighted by Gasteiger charge is -2.21. The van der Waals surface area contributed by atoms with Gasteiger partial charge in [0.05, 0.1) is 6.61 Å². The molecular formula is C16H21NO3. The van der Waals surface area contributed by atoms with Crippen LogP contribution in [0.5, 0.6) is 5.75 Å². The minimum Gasteiger partial charge on any atom is -0.493 e. The molecule has 0 saturated heterocycles. The first-order chi connectivity index (χ1) is 9.50. The second kappa shape index (κ2) is 6.09. The van der Waals surface area contributed by atoms with E-state index >= 15 is 0 Å². The normalized spacial score (nSPS) is 14.2. The van der Waals surface area contributed by atoms with Crippen molar-refractivity contribution in [2.45, 2.75) is 20.3 Å². The van der Waals surface area contributed by atoms with Gasteiger partial charge in [0.25, 0.3) is 0 Å². The number of nitrogens with one attached hydrogen (secondary N) is 1. The molecule has 0 aromatic heterocycles. The Morgan fingerprint density at radius 3 is 3.05 bits per heavy atom. The van der Waals surface area contributed by atoms with Crippen molar-refractivity contribution in [3.05, 3.63) is 35.4 Å². The van der Waals surface area contributed by atoms with Crippen LogP contribution in [0.25, 0.3) is 6.08 Å². The molecule has 0 unspecified atom stereocenters. The van der Waals surface area contributed by atoms with Gasteiger partial charge in [-0.05, 0) is 29.3 Å². The number of benzene rings is 1. The van der Waals surface area contributed by atoms with E-state index in [1.165, 1.54) is 11.6 Å². The lowest BCUT2D eigenvalue weighted by atomic mass is 9.95. The Hall–Kier alpha value is -1.81. The molecular weight excluding hydrogens is 254 g/mol. The molecule has 1 amide bonds. The fraction of sp³-hybridized carbons (Fsp3) is 0.438. The molecule has 2 rings (SSSR count). The molecule has 1 aromatic carbocycles. The van der Waals surface area contributed by atoms with Gasteiger partial charge in [-0.25, -0.2) is 0 Å². The summed E-state index contributed by atoms with van der Waals surface area (Å²) in [7, 11) is 0. The highest BCUT2D eigenvalue weighted by Crippen LogP contribution is 2.26. The molecule has 1 aliphatic rings. The Kier molecular flexibility index (Phi) is 4.45. The Bertz CT molecular complexity index is 520. The third-order valence-corrected chi connectivity index (χ3v) is 3.31. The van der Waals surface area contributed by atoms with Crippen LogP contribution >= 0.6 is 0 Å². The zero-order valence-corrected chi connectivity index (χ0v) is 12.0. The number of aliphatic hydroxyl groups excluding tert-OH is 1. The first-order valence-electron chi connectivity index (χ1n) is 6.83. The number of carbonyl (C=O) groups is 1. The summed E-state index contributed by atoms with van der Waals surface area (Å²) >= 11 is 0. The third-order valence-electron chi connectivity index (χ3n) is 3.31. The monoisotopic (exact) mass is 275 g/mol. The molecule has 20 heavy (non-hydrogen) atoms. The number of fused-ring (bicyclic) bond motifs is 1. The van der Waals surface area contributed by atoms with Crippen LogP contribution < -0.4 is 10.1 Å². The van der Waals surface area contributed by atoms with Crippen molar-refractivity contribution in [2.75, 3.05) is 19.8 Å². The van der Waals surface area contributed by atoms with E-state index in [1.54, 1.807) is 6.08 Å². The van der Waals surface area contributed by atoms with Crippen LogP contribution in [0, 0.1) is 5.41 Å². The maximum atomic E-state index is 11.7. The van der Waals surface area contributed by atoms with Gasteiger partial charge in [0.1, 0.15) is 5.75 Å². The molecule has 0 radical (unpaired) electrons. The van der Waals surface area contributed by atoms with Gasteiger partial charge in [0, 0.05) is 31.1 Å². The predicted octanol–water partition coefficient (Wildman–Crippen LogP) is 1.77. The fourth-order valence-corrected chi connectivity index (χ4v) is 1.92. The van der Waals surface area contributed by atoms with E-state index in [9.17, 15) is 4.79 Å². The molecule has 1 aliphatic heterocycles. The summed E-state index contributed by atoms with van der Waals surface area (Å²) in [5.41, 5.74) is 1.88. The first-order valence-corrected chi connectivity index (χ1v) is 6.83. The summed E-state index contributed by atoms with van der Waals surface area (Å²) in [6.07, 6.45) is 4.23. The molecule has 4 heteroatoms. The van der Waals surface area contributed by atoms with Crippen LogP contribution in [0.15, 0.2) is 24.3 Å². The molecule has 0 spiro atoms. The zero-order chi connectivity index (χ0) is 14.6. The van der Waals surface area contributed by atoms with Gasteiger partial charge in [0.2, 0.25) is 5.91 Å². The van der Waals surface area contributed by atoms with E-state index < -0.39 is 0 Å². The summed E-state index contributed by atoms with van der Waals surface area (Å²) in [6.45, 7) is 5.03. The molecule has 0 atom stereocenters. The minimum absolute atomic E-state index is 0.0435.